The van der Waals surface area contributed by atoms with Crippen LogP contribution in [0, 0.1) is 0 Å². The van der Waals surface area contributed by atoms with E-state index < -0.39 is 6.10 Å². The number of aliphatic hydroxyl groups excluding tert-OH is 1. The van der Waals surface area contributed by atoms with Gasteiger partial charge in [-0.15, -0.1) is 11.3 Å². The normalized spacial score (nSPS) is 12.2. The standard InChI is InChI=1S/C12H13NO3S/c1-15-9-3-8(4-10(5-9)16-2)12(14)11-6-17-7-13-11/h3-7,12,14H,1-2H3. The SMILES string of the molecule is COc1cc(OC)cc(C(O)c2cscn2)c1. The first kappa shape index (κ1) is 11.9. The van der Waals surface area contributed by atoms with Crippen LogP contribution in [0.1, 0.15) is 17.4 Å². The smallest absolute Gasteiger partial charge is 0.122 e. The highest BCUT2D eigenvalue weighted by molar-refractivity contribution is 7.07. The molecule has 0 saturated carbocycles. The summed E-state index contributed by atoms with van der Waals surface area (Å²) < 4.78 is 10.3. The van der Waals surface area contributed by atoms with Gasteiger partial charge in [0.1, 0.15) is 17.6 Å². The minimum atomic E-state index is -0.759. The van der Waals surface area contributed by atoms with Crippen LogP contribution in [0.2, 0.25) is 0 Å². The fraction of sp³-hybridized carbons (Fsp3) is 0.250. The van der Waals surface area contributed by atoms with Gasteiger partial charge in [-0.1, -0.05) is 0 Å². The van der Waals surface area contributed by atoms with Gasteiger partial charge in [-0.25, -0.2) is 4.98 Å². The van der Waals surface area contributed by atoms with E-state index in [2.05, 4.69) is 4.98 Å². The van der Waals surface area contributed by atoms with Gasteiger partial charge < -0.3 is 14.6 Å². The Morgan fingerprint density at radius 1 is 1.18 bits per heavy atom. The Hall–Kier alpha value is -1.59. The highest BCUT2D eigenvalue weighted by atomic mass is 32.1. The lowest BCUT2D eigenvalue weighted by molar-refractivity contribution is 0.215. The number of aliphatic hydroxyl groups is 1. The number of rotatable bonds is 4. The lowest BCUT2D eigenvalue weighted by Gasteiger charge is -2.12. The van der Waals surface area contributed by atoms with E-state index in [0.29, 0.717) is 22.8 Å². The van der Waals surface area contributed by atoms with Gasteiger partial charge in [0.15, 0.2) is 0 Å². The second kappa shape index (κ2) is 5.16. The van der Waals surface area contributed by atoms with Crippen molar-refractivity contribution in [3.05, 3.63) is 40.3 Å². The predicted octanol–water partition coefficient (Wildman–Crippen LogP) is 2.24. The van der Waals surface area contributed by atoms with Crippen molar-refractivity contribution in [2.45, 2.75) is 6.10 Å². The fourth-order valence-electron chi connectivity index (χ4n) is 1.51. The van der Waals surface area contributed by atoms with Gasteiger partial charge in [0.2, 0.25) is 0 Å². The summed E-state index contributed by atoms with van der Waals surface area (Å²) >= 11 is 1.45. The van der Waals surface area contributed by atoms with Gasteiger partial charge in [-0.3, -0.25) is 0 Å². The van der Waals surface area contributed by atoms with E-state index in [4.69, 9.17) is 9.47 Å². The number of nitrogens with zero attached hydrogens (tertiary/aromatic N) is 1. The molecule has 5 heteroatoms. The van der Waals surface area contributed by atoms with E-state index in [1.54, 1.807) is 37.9 Å². The van der Waals surface area contributed by atoms with Crippen LogP contribution in [-0.2, 0) is 0 Å². The maximum absolute atomic E-state index is 10.2. The van der Waals surface area contributed by atoms with E-state index in [-0.39, 0.29) is 0 Å². The van der Waals surface area contributed by atoms with E-state index in [1.807, 2.05) is 5.38 Å². The summed E-state index contributed by atoms with van der Waals surface area (Å²) in [6.07, 6.45) is -0.759. The molecule has 1 heterocycles. The molecule has 1 aromatic heterocycles. The van der Waals surface area contributed by atoms with Crippen molar-refractivity contribution in [2.24, 2.45) is 0 Å². The monoisotopic (exact) mass is 251 g/mol. The average molecular weight is 251 g/mol. The number of aromatic nitrogens is 1. The molecule has 1 unspecified atom stereocenters. The highest BCUT2D eigenvalue weighted by Gasteiger charge is 2.14. The molecule has 4 nitrogen and oxygen atoms in total. The third-order valence-electron chi connectivity index (χ3n) is 2.42. The summed E-state index contributed by atoms with van der Waals surface area (Å²) in [7, 11) is 3.15. The zero-order valence-corrected chi connectivity index (χ0v) is 10.4. The zero-order chi connectivity index (χ0) is 12.3. The number of ether oxygens (including phenoxy) is 2. The first-order chi connectivity index (χ1) is 8.24. The Balaban J connectivity index is 2.37. The third-order valence-corrected chi connectivity index (χ3v) is 3.03. The molecular weight excluding hydrogens is 238 g/mol. The number of benzene rings is 1. The van der Waals surface area contributed by atoms with E-state index >= 15 is 0 Å². The molecule has 0 radical (unpaired) electrons. The van der Waals surface area contributed by atoms with Crippen LogP contribution in [-0.4, -0.2) is 24.3 Å². The molecule has 0 fully saturated rings. The van der Waals surface area contributed by atoms with Crippen LogP contribution in [0.3, 0.4) is 0 Å². The molecule has 0 aliphatic rings. The van der Waals surface area contributed by atoms with Crippen molar-refractivity contribution in [1.82, 2.24) is 4.98 Å². The van der Waals surface area contributed by atoms with Gasteiger partial charge in [-0.2, -0.15) is 0 Å². The summed E-state index contributed by atoms with van der Waals surface area (Å²) in [6.45, 7) is 0. The molecule has 0 amide bonds. The molecule has 2 rings (SSSR count). The van der Waals surface area contributed by atoms with E-state index in [0.717, 1.165) is 0 Å². The maximum Gasteiger partial charge on any atom is 0.122 e. The predicted molar refractivity (Wildman–Crippen MR) is 65.7 cm³/mol. The van der Waals surface area contributed by atoms with Crippen LogP contribution in [0.25, 0.3) is 0 Å². The van der Waals surface area contributed by atoms with Crippen LogP contribution in [0.5, 0.6) is 11.5 Å². The molecule has 0 spiro atoms. The molecule has 0 saturated heterocycles. The lowest BCUT2D eigenvalue weighted by Crippen LogP contribution is -2.01. The molecule has 1 N–H and O–H groups in total. The van der Waals surface area contributed by atoms with Gasteiger partial charge in [0.05, 0.1) is 25.4 Å². The van der Waals surface area contributed by atoms with Gasteiger partial charge in [-0.05, 0) is 17.7 Å². The first-order valence-corrected chi connectivity index (χ1v) is 5.98. The summed E-state index contributed by atoms with van der Waals surface area (Å²) in [5, 5.41) is 12.0. The number of hydrogen-bond donors (Lipinski definition) is 1. The second-order valence-electron chi connectivity index (χ2n) is 3.46. The van der Waals surface area contributed by atoms with Crippen molar-refractivity contribution in [2.75, 3.05) is 14.2 Å². The maximum atomic E-state index is 10.2. The molecule has 0 aliphatic carbocycles. The molecule has 1 atom stereocenters. The average Bonchev–Trinajstić information content (AvgIpc) is 2.91. The number of hydrogen-bond acceptors (Lipinski definition) is 5. The van der Waals surface area contributed by atoms with E-state index in [9.17, 15) is 5.11 Å². The number of thiazole rings is 1. The Morgan fingerprint density at radius 2 is 1.82 bits per heavy atom. The molecule has 0 bridgehead atoms. The molecule has 1 aromatic carbocycles. The van der Waals surface area contributed by atoms with Crippen molar-refractivity contribution >= 4 is 11.3 Å². The van der Waals surface area contributed by atoms with Crippen molar-refractivity contribution in [3.63, 3.8) is 0 Å². The van der Waals surface area contributed by atoms with Crippen molar-refractivity contribution in [3.8, 4) is 11.5 Å². The minimum Gasteiger partial charge on any atom is -0.497 e. The van der Waals surface area contributed by atoms with Crippen LogP contribution in [0.4, 0.5) is 0 Å². The molecule has 0 aliphatic heterocycles. The molecule has 2 aromatic rings. The summed E-state index contributed by atoms with van der Waals surface area (Å²) in [5.41, 5.74) is 3.02. The van der Waals surface area contributed by atoms with Gasteiger partial charge >= 0.3 is 0 Å². The molecular formula is C12H13NO3S. The Bertz CT molecular complexity index is 462. The number of methoxy groups -OCH3 is 2. The van der Waals surface area contributed by atoms with Crippen molar-refractivity contribution < 1.29 is 14.6 Å². The Kier molecular flexibility index (Phi) is 3.61. The van der Waals surface area contributed by atoms with E-state index in [1.165, 1.54) is 11.3 Å². The Morgan fingerprint density at radius 3 is 2.29 bits per heavy atom. The second-order valence-corrected chi connectivity index (χ2v) is 4.18. The van der Waals surface area contributed by atoms with Gasteiger partial charge in [0, 0.05) is 11.4 Å². The topological polar surface area (TPSA) is 51.6 Å². The quantitative estimate of drug-likeness (QED) is 0.905. The summed E-state index contributed by atoms with van der Waals surface area (Å²) in [6, 6.07) is 5.30. The lowest BCUT2D eigenvalue weighted by atomic mass is 10.1. The molecule has 17 heavy (non-hydrogen) atoms. The highest BCUT2D eigenvalue weighted by Crippen LogP contribution is 2.29. The summed E-state index contributed by atoms with van der Waals surface area (Å²) in [5.74, 6) is 1.29. The van der Waals surface area contributed by atoms with Crippen LogP contribution in [0.15, 0.2) is 29.1 Å². The third kappa shape index (κ3) is 2.57. The van der Waals surface area contributed by atoms with Crippen molar-refractivity contribution in [1.29, 1.82) is 0 Å². The fourth-order valence-corrected chi connectivity index (χ4v) is 2.09. The Labute approximate surface area is 103 Å². The molecule has 90 valence electrons. The summed E-state index contributed by atoms with van der Waals surface area (Å²) in [4.78, 5) is 4.09. The first-order valence-electron chi connectivity index (χ1n) is 5.03. The zero-order valence-electron chi connectivity index (χ0n) is 9.58. The minimum absolute atomic E-state index is 0.630. The largest absolute Gasteiger partial charge is 0.497 e. The van der Waals surface area contributed by atoms with Crippen LogP contribution >= 0.6 is 11.3 Å². The van der Waals surface area contributed by atoms with Crippen LogP contribution < -0.4 is 9.47 Å². The van der Waals surface area contributed by atoms with Gasteiger partial charge in [0.25, 0.3) is 0 Å².